The van der Waals surface area contributed by atoms with E-state index in [1.54, 1.807) is 37.4 Å². The van der Waals surface area contributed by atoms with Crippen LogP contribution in [-0.2, 0) is 0 Å². The number of benzene rings is 2. The minimum Gasteiger partial charge on any atom is -0.506 e. The first-order valence-corrected chi connectivity index (χ1v) is 6.45. The summed E-state index contributed by atoms with van der Waals surface area (Å²) in [7, 11) is 3.10. The van der Waals surface area contributed by atoms with Crippen LogP contribution in [0.4, 0.5) is 11.4 Å². The van der Waals surface area contributed by atoms with Crippen molar-refractivity contribution < 1.29 is 14.6 Å². The standard InChI is InChI=1S/C16H18N2O3/c1-10-4-7-13(14(19)8-10)18(2)16(20)11-5-6-12(17)15(9-11)21-3/h4-9,19H,17H2,1-3H3. The van der Waals surface area contributed by atoms with Crippen LogP contribution in [0.15, 0.2) is 36.4 Å². The molecule has 5 nitrogen and oxygen atoms in total. The molecule has 0 atom stereocenters. The van der Waals surface area contributed by atoms with Crippen molar-refractivity contribution in [3.63, 3.8) is 0 Å². The van der Waals surface area contributed by atoms with Crippen LogP contribution in [-0.4, -0.2) is 25.2 Å². The number of nitrogen functional groups attached to an aromatic ring is 1. The van der Waals surface area contributed by atoms with Crippen LogP contribution in [0.1, 0.15) is 15.9 Å². The van der Waals surface area contributed by atoms with Gasteiger partial charge in [-0.3, -0.25) is 4.79 Å². The lowest BCUT2D eigenvalue weighted by Crippen LogP contribution is -2.26. The van der Waals surface area contributed by atoms with Gasteiger partial charge in [0.15, 0.2) is 0 Å². The number of nitrogens with two attached hydrogens (primary N) is 1. The zero-order valence-electron chi connectivity index (χ0n) is 12.3. The smallest absolute Gasteiger partial charge is 0.258 e. The van der Waals surface area contributed by atoms with Crippen LogP contribution in [0.2, 0.25) is 0 Å². The van der Waals surface area contributed by atoms with E-state index < -0.39 is 0 Å². The fraction of sp³-hybridized carbons (Fsp3) is 0.188. The van der Waals surface area contributed by atoms with Gasteiger partial charge < -0.3 is 20.5 Å². The summed E-state index contributed by atoms with van der Waals surface area (Å²) in [6, 6.07) is 9.98. The van der Waals surface area contributed by atoms with E-state index in [0.29, 0.717) is 22.7 Å². The first-order chi connectivity index (χ1) is 9.93. The van der Waals surface area contributed by atoms with Crippen LogP contribution in [0.5, 0.6) is 11.5 Å². The van der Waals surface area contributed by atoms with Gasteiger partial charge in [-0.05, 0) is 42.8 Å². The molecule has 2 aromatic carbocycles. The van der Waals surface area contributed by atoms with Crippen molar-refractivity contribution in [2.45, 2.75) is 6.92 Å². The molecule has 0 saturated carbocycles. The van der Waals surface area contributed by atoms with Gasteiger partial charge in [-0.2, -0.15) is 0 Å². The third kappa shape index (κ3) is 2.91. The van der Waals surface area contributed by atoms with E-state index in [0.717, 1.165) is 5.56 Å². The second kappa shape index (κ2) is 5.75. The Morgan fingerprint density at radius 1 is 1.24 bits per heavy atom. The Morgan fingerprint density at radius 2 is 1.95 bits per heavy atom. The molecule has 0 spiro atoms. The van der Waals surface area contributed by atoms with Crippen LogP contribution in [0.25, 0.3) is 0 Å². The zero-order valence-corrected chi connectivity index (χ0v) is 12.3. The van der Waals surface area contributed by atoms with E-state index in [1.165, 1.54) is 12.0 Å². The number of hydrogen-bond acceptors (Lipinski definition) is 4. The summed E-state index contributed by atoms with van der Waals surface area (Å²) in [5, 5.41) is 9.96. The third-order valence-electron chi connectivity index (χ3n) is 3.28. The Balaban J connectivity index is 2.35. The third-order valence-corrected chi connectivity index (χ3v) is 3.28. The van der Waals surface area contributed by atoms with Gasteiger partial charge in [0.05, 0.1) is 18.5 Å². The number of phenolic OH excluding ortho intramolecular Hbond substituents is 1. The van der Waals surface area contributed by atoms with E-state index in [1.807, 2.05) is 13.0 Å². The molecule has 0 aliphatic rings. The van der Waals surface area contributed by atoms with Gasteiger partial charge >= 0.3 is 0 Å². The molecule has 1 amide bonds. The monoisotopic (exact) mass is 286 g/mol. The highest BCUT2D eigenvalue weighted by molar-refractivity contribution is 6.07. The second-order valence-corrected chi connectivity index (χ2v) is 4.81. The zero-order chi connectivity index (χ0) is 15.6. The van der Waals surface area contributed by atoms with E-state index in [-0.39, 0.29) is 11.7 Å². The Labute approximate surface area is 123 Å². The van der Waals surface area contributed by atoms with Crippen LogP contribution in [0, 0.1) is 6.92 Å². The average Bonchev–Trinajstić information content (AvgIpc) is 2.46. The average molecular weight is 286 g/mol. The molecule has 21 heavy (non-hydrogen) atoms. The van der Waals surface area contributed by atoms with E-state index >= 15 is 0 Å². The Kier molecular flexibility index (Phi) is 4.03. The number of anilines is 2. The molecule has 2 aromatic rings. The first kappa shape index (κ1) is 14.7. The number of carbonyl (C=O) groups excluding carboxylic acids is 1. The first-order valence-electron chi connectivity index (χ1n) is 6.45. The fourth-order valence-corrected chi connectivity index (χ4v) is 2.06. The van der Waals surface area contributed by atoms with Gasteiger partial charge in [-0.25, -0.2) is 0 Å². The number of aromatic hydroxyl groups is 1. The number of nitrogens with zero attached hydrogens (tertiary/aromatic N) is 1. The highest BCUT2D eigenvalue weighted by Crippen LogP contribution is 2.29. The maximum Gasteiger partial charge on any atom is 0.258 e. The topological polar surface area (TPSA) is 75.8 Å². The molecule has 0 aromatic heterocycles. The number of phenols is 1. The van der Waals surface area contributed by atoms with Crippen molar-refractivity contribution in [1.82, 2.24) is 0 Å². The fourth-order valence-electron chi connectivity index (χ4n) is 2.06. The normalized spacial score (nSPS) is 10.2. The van der Waals surface area contributed by atoms with Crippen molar-refractivity contribution in [1.29, 1.82) is 0 Å². The van der Waals surface area contributed by atoms with Crippen LogP contribution >= 0.6 is 0 Å². The van der Waals surface area contributed by atoms with E-state index in [9.17, 15) is 9.90 Å². The largest absolute Gasteiger partial charge is 0.506 e. The molecule has 0 unspecified atom stereocenters. The molecule has 0 aliphatic heterocycles. The molecule has 0 heterocycles. The number of amides is 1. The van der Waals surface area contributed by atoms with E-state index in [4.69, 9.17) is 10.5 Å². The number of methoxy groups -OCH3 is 1. The van der Waals surface area contributed by atoms with Gasteiger partial charge in [-0.1, -0.05) is 6.07 Å². The van der Waals surface area contributed by atoms with Crippen LogP contribution < -0.4 is 15.4 Å². The lowest BCUT2D eigenvalue weighted by molar-refractivity contribution is 0.0992. The van der Waals surface area contributed by atoms with Gasteiger partial charge in [-0.15, -0.1) is 0 Å². The van der Waals surface area contributed by atoms with Gasteiger partial charge in [0.25, 0.3) is 5.91 Å². The van der Waals surface area contributed by atoms with E-state index in [2.05, 4.69) is 0 Å². The summed E-state index contributed by atoms with van der Waals surface area (Å²) >= 11 is 0. The van der Waals surface area contributed by atoms with Crippen molar-refractivity contribution in [2.24, 2.45) is 0 Å². The summed E-state index contributed by atoms with van der Waals surface area (Å²) in [4.78, 5) is 13.9. The highest BCUT2D eigenvalue weighted by Gasteiger charge is 2.17. The molecule has 0 aliphatic carbocycles. The Hall–Kier alpha value is -2.69. The lowest BCUT2D eigenvalue weighted by atomic mass is 10.1. The number of rotatable bonds is 3. The number of carbonyl (C=O) groups is 1. The number of hydrogen-bond donors (Lipinski definition) is 2. The summed E-state index contributed by atoms with van der Waals surface area (Å²) in [6.45, 7) is 1.87. The molecule has 0 bridgehead atoms. The van der Waals surface area contributed by atoms with Crippen molar-refractivity contribution >= 4 is 17.3 Å². The molecular formula is C16H18N2O3. The molecule has 3 N–H and O–H groups in total. The van der Waals surface area contributed by atoms with Gasteiger partial charge in [0, 0.05) is 12.6 Å². The van der Waals surface area contributed by atoms with Crippen LogP contribution in [0.3, 0.4) is 0 Å². The minimum absolute atomic E-state index is 0.0632. The molecule has 110 valence electrons. The Bertz CT molecular complexity index is 683. The molecular weight excluding hydrogens is 268 g/mol. The van der Waals surface area contributed by atoms with Gasteiger partial charge in [0.1, 0.15) is 11.5 Å². The Morgan fingerprint density at radius 3 is 2.57 bits per heavy atom. The van der Waals surface area contributed by atoms with Crippen molar-refractivity contribution in [2.75, 3.05) is 24.8 Å². The predicted molar refractivity (Wildman–Crippen MR) is 83.0 cm³/mol. The second-order valence-electron chi connectivity index (χ2n) is 4.81. The molecule has 0 radical (unpaired) electrons. The maximum absolute atomic E-state index is 12.5. The summed E-state index contributed by atoms with van der Waals surface area (Å²) in [6.07, 6.45) is 0. The molecule has 2 rings (SSSR count). The maximum atomic E-state index is 12.5. The summed E-state index contributed by atoms with van der Waals surface area (Å²) < 4.78 is 5.12. The predicted octanol–water partition coefficient (Wildman–Crippen LogP) is 2.57. The highest BCUT2D eigenvalue weighted by atomic mass is 16.5. The SMILES string of the molecule is COc1cc(C(=O)N(C)c2ccc(C)cc2O)ccc1N. The number of ether oxygens (including phenoxy) is 1. The summed E-state index contributed by atoms with van der Waals surface area (Å²) in [5.41, 5.74) is 8.01. The molecule has 0 saturated heterocycles. The van der Waals surface area contributed by atoms with Crippen molar-refractivity contribution in [3.05, 3.63) is 47.5 Å². The molecule has 0 fully saturated rings. The number of aryl methyl sites for hydroxylation is 1. The van der Waals surface area contributed by atoms with Gasteiger partial charge in [0.2, 0.25) is 0 Å². The van der Waals surface area contributed by atoms with Crippen molar-refractivity contribution in [3.8, 4) is 11.5 Å². The summed E-state index contributed by atoms with van der Waals surface area (Å²) in [5.74, 6) is 0.253. The quantitative estimate of drug-likeness (QED) is 0.850. The molecule has 5 heteroatoms. The lowest BCUT2D eigenvalue weighted by Gasteiger charge is -2.19. The minimum atomic E-state index is -0.257.